The fraction of sp³-hybridized carbons (Fsp3) is 0.833. The van der Waals surface area contributed by atoms with Gasteiger partial charge in [-0.25, -0.2) is 0 Å². The van der Waals surface area contributed by atoms with E-state index >= 15 is 0 Å². The highest BCUT2D eigenvalue weighted by molar-refractivity contribution is 5.79. The summed E-state index contributed by atoms with van der Waals surface area (Å²) in [5.41, 5.74) is 8.31. The fourth-order valence-electron chi connectivity index (χ4n) is 2.93. The lowest BCUT2D eigenvalue weighted by atomic mass is 10.0. The smallest absolute Gasteiger partial charge is 0.223 e. The molecule has 2 aliphatic heterocycles. The predicted octanol–water partition coefficient (Wildman–Crippen LogP) is 1.16. The van der Waals surface area contributed by atoms with Crippen LogP contribution in [-0.4, -0.2) is 53.8 Å². The summed E-state index contributed by atoms with van der Waals surface area (Å²) in [5.74, 6) is 0.404. The van der Waals surface area contributed by atoms with Gasteiger partial charge < -0.3 is 9.80 Å². The lowest BCUT2D eigenvalue weighted by molar-refractivity contribution is -0.133. The van der Waals surface area contributed by atoms with Crippen molar-refractivity contribution >= 4 is 11.8 Å². The van der Waals surface area contributed by atoms with Gasteiger partial charge in [0.2, 0.25) is 11.8 Å². The Morgan fingerprint density at radius 1 is 1.47 bits per heavy atom. The van der Waals surface area contributed by atoms with E-state index in [1.54, 1.807) is 6.92 Å². The fourth-order valence-corrected chi connectivity index (χ4v) is 2.93. The van der Waals surface area contributed by atoms with Gasteiger partial charge in [-0.3, -0.25) is 9.59 Å². The number of carbonyl (C=O) groups is 2. The van der Waals surface area contributed by atoms with E-state index < -0.39 is 0 Å². The number of rotatable bonds is 3. The first-order valence-corrected chi connectivity index (χ1v) is 6.67. The van der Waals surface area contributed by atoms with Gasteiger partial charge in [0.25, 0.3) is 0 Å². The highest BCUT2D eigenvalue weighted by Gasteiger charge is 2.35. The minimum absolute atomic E-state index is 0.104. The van der Waals surface area contributed by atoms with E-state index in [0.717, 1.165) is 25.9 Å². The molecular weight excluding hydrogens is 246 g/mol. The lowest BCUT2D eigenvalue weighted by Crippen LogP contribution is -2.46. The lowest BCUT2D eigenvalue weighted by Gasteiger charge is -2.36. The van der Waals surface area contributed by atoms with Gasteiger partial charge in [0.15, 0.2) is 0 Å². The van der Waals surface area contributed by atoms with Crippen LogP contribution in [0.1, 0.15) is 26.2 Å². The summed E-state index contributed by atoms with van der Waals surface area (Å²) >= 11 is 0. The van der Waals surface area contributed by atoms with E-state index in [-0.39, 0.29) is 23.8 Å². The van der Waals surface area contributed by atoms with Crippen LogP contribution in [0.25, 0.3) is 10.4 Å². The molecule has 0 aliphatic carbocycles. The summed E-state index contributed by atoms with van der Waals surface area (Å²) in [6.45, 7) is 4.11. The second-order valence-electron chi connectivity index (χ2n) is 5.27. The van der Waals surface area contributed by atoms with Crippen molar-refractivity contribution in [3.8, 4) is 0 Å². The van der Waals surface area contributed by atoms with Crippen molar-refractivity contribution in [1.29, 1.82) is 0 Å². The van der Waals surface area contributed by atoms with Crippen LogP contribution in [0, 0.1) is 5.92 Å². The predicted molar refractivity (Wildman–Crippen MR) is 69.1 cm³/mol. The van der Waals surface area contributed by atoms with Gasteiger partial charge in [-0.1, -0.05) is 5.11 Å². The summed E-state index contributed by atoms with van der Waals surface area (Å²) in [6.07, 6.45) is 2.17. The molecule has 0 aromatic carbocycles. The quantitative estimate of drug-likeness (QED) is 0.435. The van der Waals surface area contributed by atoms with Crippen LogP contribution in [-0.2, 0) is 9.59 Å². The van der Waals surface area contributed by atoms with Crippen LogP contribution >= 0.6 is 0 Å². The van der Waals surface area contributed by atoms with Gasteiger partial charge in [-0.15, -0.1) is 0 Å². The van der Waals surface area contributed by atoms with Gasteiger partial charge in [0.1, 0.15) is 0 Å². The number of hydrogen-bond acceptors (Lipinski definition) is 3. The molecule has 0 N–H and O–H groups in total. The molecule has 2 fully saturated rings. The second-order valence-corrected chi connectivity index (χ2v) is 5.27. The molecule has 0 bridgehead atoms. The van der Waals surface area contributed by atoms with Gasteiger partial charge in [-0.2, -0.15) is 0 Å². The van der Waals surface area contributed by atoms with Gasteiger partial charge in [-0.05, 0) is 24.3 Å². The number of carbonyl (C=O) groups excluding carboxylic acids is 2. The molecule has 0 radical (unpaired) electrons. The molecule has 0 spiro atoms. The van der Waals surface area contributed by atoms with Crippen molar-refractivity contribution in [3.05, 3.63) is 10.4 Å². The highest BCUT2D eigenvalue weighted by atomic mass is 16.2. The normalized spacial score (nSPS) is 24.5. The molecule has 0 aromatic rings. The number of nitrogens with zero attached hydrogens (tertiary/aromatic N) is 5. The average Bonchev–Trinajstić information content (AvgIpc) is 2.77. The zero-order valence-electron chi connectivity index (χ0n) is 11.2. The van der Waals surface area contributed by atoms with Crippen LogP contribution in [0.2, 0.25) is 0 Å². The Kier molecular flexibility index (Phi) is 4.27. The Balaban J connectivity index is 1.88. The Morgan fingerprint density at radius 3 is 2.74 bits per heavy atom. The molecule has 7 nitrogen and oxygen atoms in total. The molecule has 2 heterocycles. The van der Waals surface area contributed by atoms with Crippen LogP contribution in [0.3, 0.4) is 0 Å². The van der Waals surface area contributed by atoms with Crippen LogP contribution < -0.4 is 0 Å². The number of piperidine rings is 1. The molecule has 104 valence electrons. The zero-order valence-corrected chi connectivity index (χ0v) is 11.2. The first-order valence-electron chi connectivity index (χ1n) is 6.67. The topological polar surface area (TPSA) is 89.4 Å². The second kappa shape index (κ2) is 5.93. The minimum Gasteiger partial charge on any atom is -0.343 e. The Labute approximate surface area is 112 Å². The van der Waals surface area contributed by atoms with Crippen molar-refractivity contribution in [3.63, 3.8) is 0 Å². The minimum atomic E-state index is 0.104. The van der Waals surface area contributed by atoms with E-state index in [1.807, 2.05) is 9.80 Å². The van der Waals surface area contributed by atoms with Crippen molar-refractivity contribution in [2.75, 3.05) is 26.2 Å². The average molecular weight is 265 g/mol. The molecule has 7 heteroatoms. The third kappa shape index (κ3) is 3.17. The molecule has 0 saturated carbocycles. The zero-order chi connectivity index (χ0) is 13.8. The maximum atomic E-state index is 12.0. The Morgan fingerprint density at radius 2 is 2.16 bits per heavy atom. The molecule has 1 unspecified atom stereocenters. The van der Waals surface area contributed by atoms with Crippen molar-refractivity contribution in [1.82, 2.24) is 9.80 Å². The van der Waals surface area contributed by atoms with Gasteiger partial charge in [0, 0.05) is 50.5 Å². The third-order valence-electron chi connectivity index (χ3n) is 3.99. The summed E-state index contributed by atoms with van der Waals surface area (Å²) in [6, 6.07) is 0.235. The van der Waals surface area contributed by atoms with E-state index in [1.165, 1.54) is 0 Å². The standard InChI is InChI=1S/C12H19N5O2/c1-9(18)16-4-2-11(3-5-16)17-8-10(6-12(17)19)7-14-15-13/h10-11H,2-8H2,1H3. The third-order valence-corrected chi connectivity index (χ3v) is 3.99. The highest BCUT2D eigenvalue weighted by Crippen LogP contribution is 2.25. The molecule has 2 saturated heterocycles. The summed E-state index contributed by atoms with van der Waals surface area (Å²) in [7, 11) is 0. The van der Waals surface area contributed by atoms with E-state index in [2.05, 4.69) is 10.0 Å². The number of amides is 2. The molecule has 19 heavy (non-hydrogen) atoms. The maximum absolute atomic E-state index is 12.0. The number of likely N-dealkylation sites (tertiary alicyclic amines) is 2. The van der Waals surface area contributed by atoms with Gasteiger partial charge >= 0.3 is 0 Å². The van der Waals surface area contributed by atoms with E-state index in [0.29, 0.717) is 19.5 Å². The van der Waals surface area contributed by atoms with E-state index in [9.17, 15) is 9.59 Å². The summed E-state index contributed by atoms with van der Waals surface area (Å²) in [4.78, 5) is 29.7. The Bertz CT molecular complexity index is 410. The van der Waals surface area contributed by atoms with Crippen LogP contribution in [0.4, 0.5) is 0 Å². The van der Waals surface area contributed by atoms with E-state index in [4.69, 9.17) is 5.53 Å². The van der Waals surface area contributed by atoms with Crippen molar-refractivity contribution in [2.45, 2.75) is 32.2 Å². The molecule has 1 atom stereocenters. The molecule has 2 rings (SSSR count). The largest absolute Gasteiger partial charge is 0.343 e. The SMILES string of the molecule is CC(=O)N1CCC(N2CC(CN=[N+]=[N-])CC2=O)CC1. The number of azide groups is 1. The molecule has 2 aliphatic rings. The molecular formula is C12H19N5O2. The van der Waals surface area contributed by atoms with Crippen LogP contribution in [0.5, 0.6) is 0 Å². The first kappa shape index (κ1) is 13.7. The van der Waals surface area contributed by atoms with Crippen LogP contribution in [0.15, 0.2) is 5.11 Å². The Hall–Kier alpha value is -1.75. The monoisotopic (exact) mass is 265 g/mol. The summed E-state index contributed by atoms with van der Waals surface area (Å²) in [5, 5.41) is 3.55. The maximum Gasteiger partial charge on any atom is 0.223 e. The van der Waals surface area contributed by atoms with Crippen molar-refractivity contribution in [2.24, 2.45) is 11.0 Å². The molecule has 0 aromatic heterocycles. The van der Waals surface area contributed by atoms with Crippen molar-refractivity contribution < 1.29 is 9.59 Å². The first-order chi connectivity index (χ1) is 9.11. The van der Waals surface area contributed by atoms with Gasteiger partial charge in [0.05, 0.1) is 0 Å². The number of hydrogen-bond donors (Lipinski definition) is 0. The molecule has 2 amide bonds. The summed E-state index contributed by atoms with van der Waals surface area (Å²) < 4.78 is 0.